The van der Waals surface area contributed by atoms with Gasteiger partial charge in [0.2, 0.25) is 5.91 Å². The number of quaternary nitrogens is 1. The number of hydrogen-bond acceptors (Lipinski definition) is 6. The number of nitrogens with zero attached hydrogens (tertiary/aromatic N) is 1. The van der Waals surface area contributed by atoms with Gasteiger partial charge in [-0.1, -0.05) is 229 Å². The highest BCUT2D eigenvalue weighted by atomic mass is 31.2. The minimum atomic E-state index is -4.61. The van der Waals surface area contributed by atoms with E-state index in [-0.39, 0.29) is 12.5 Å². The van der Waals surface area contributed by atoms with Crippen LogP contribution in [0.15, 0.2) is 60.8 Å². The summed E-state index contributed by atoms with van der Waals surface area (Å²) in [6.07, 6.45) is 64.6. The van der Waals surface area contributed by atoms with Crippen LogP contribution in [-0.4, -0.2) is 68.5 Å². The average Bonchev–Trinajstić information content (AvgIpc) is 3.28. The van der Waals surface area contributed by atoms with Crippen molar-refractivity contribution in [3.05, 3.63) is 60.8 Å². The van der Waals surface area contributed by atoms with E-state index in [1.807, 2.05) is 27.2 Å². The lowest BCUT2D eigenvalue weighted by Crippen LogP contribution is -2.45. The summed E-state index contributed by atoms with van der Waals surface area (Å²) in [5.41, 5.74) is 0. The minimum absolute atomic E-state index is 0.0140. The summed E-state index contributed by atoms with van der Waals surface area (Å²) >= 11 is 0. The monoisotopic (exact) mass is 947 g/mol. The first-order chi connectivity index (χ1) is 32.0. The molecule has 0 bridgehead atoms. The molecule has 386 valence electrons. The third-order valence-corrected chi connectivity index (χ3v) is 13.1. The molecule has 0 saturated carbocycles. The number of likely N-dealkylation sites (N-methyl/N-ethyl adjacent to an activating group) is 1. The fourth-order valence-electron chi connectivity index (χ4n) is 7.81. The molecule has 0 aromatic carbocycles. The molecule has 0 aromatic rings. The first kappa shape index (κ1) is 64.2. The molecule has 0 aromatic heterocycles. The Morgan fingerprint density at radius 1 is 0.530 bits per heavy atom. The van der Waals surface area contributed by atoms with Crippen LogP contribution in [0.5, 0.6) is 0 Å². The Kier molecular flexibility index (Phi) is 46.9. The Morgan fingerprint density at radius 3 is 1.38 bits per heavy atom. The molecule has 0 heterocycles. The number of phosphoric ester groups is 1. The van der Waals surface area contributed by atoms with Gasteiger partial charge in [-0.15, -0.1) is 0 Å². The molecule has 2 N–H and O–H groups in total. The maximum atomic E-state index is 12.9. The van der Waals surface area contributed by atoms with E-state index in [1.165, 1.54) is 148 Å². The van der Waals surface area contributed by atoms with Crippen molar-refractivity contribution in [2.24, 2.45) is 0 Å². The van der Waals surface area contributed by atoms with E-state index >= 15 is 0 Å². The molecule has 0 spiro atoms. The second kappa shape index (κ2) is 48.2. The maximum Gasteiger partial charge on any atom is 0.268 e. The smallest absolute Gasteiger partial charge is 0.268 e. The van der Waals surface area contributed by atoms with Crippen molar-refractivity contribution < 1.29 is 32.9 Å². The lowest BCUT2D eigenvalue weighted by molar-refractivity contribution is -0.870. The lowest BCUT2D eigenvalue weighted by atomic mass is 10.0. The molecule has 0 fully saturated rings. The van der Waals surface area contributed by atoms with Gasteiger partial charge in [-0.05, 0) is 70.6 Å². The predicted octanol–water partition coefficient (Wildman–Crippen LogP) is 15.9. The van der Waals surface area contributed by atoms with Gasteiger partial charge in [0.1, 0.15) is 13.2 Å². The fraction of sp³-hybridized carbons (Fsp3) is 0.807. The van der Waals surface area contributed by atoms with E-state index in [9.17, 15) is 19.4 Å². The number of allylic oxidation sites excluding steroid dienone is 9. The molecule has 0 aliphatic heterocycles. The van der Waals surface area contributed by atoms with E-state index in [1.54, 1.807) is 6.08 Å². The van der Waals surface area contributed by atoms with Crippen molar-refractivity contribution in [2.45, 2.75) is 257 Å². The molecule has 3 unspecified atom stereocenters. The number of phosphoric acid groups is 1. The molecule has 0 aliphatic carbocycles. The van der Waals surface area contributed by atoms with E-state index in [2.05, 4.69) is 67.8 Å². The Bertz CT molecular complexity index is 1260. The van der Waals surface area contributed by atoms with Crippen LogP contribution in [0.2, 0.25) is 0 Å². The van der Waals surface area contributed by atoms with Gasteiger partial charge >= 0.3 is 0 Å². The number of rotatable bonds is 50. The number of hydrogen-bond donors (Lipinski definition) is 2. The van der Waals surface area contributed by atoms with Crippen molar-refractivity contribution in [3.8, 4) is 0 Å². The summed E-state index contributed by atoms with van der Waals surface area (Å²) in [7, 11) is 1.22. The highest BCUT2D eigenvalue weighted by molar-refractivity contribution is 7.45. The summed E-state index contributed by atoms with van der Waals surface area (Å²) in [5.74, 6) is -0.227. The van der Waals surface area contributed by atoms with E-state index in [0.717, 1.165) is 77.0 Å². The van der Waals surface area contributed by atoms with Crippen LogP contribution in [0.3, 0.4) is 0 Å². The Balaban J connectivity index is 4.20. The highest BCUT2D eigenvalue weighted by Crippen LogP contribution is 2.38. The normalized spacial score (nSPS) is 14.5. The molecule has 0 rings (SSSR count). The zero-order valence-corrected chi connectivity index (χ0v) is 44.8. The van der Waals surface area contributed by atoms with Crippen LogP contribution in [0.4, 0.5) is 0 Å². The molecule has 9 heteroatoms. The van der Waals surface area contributed by atoms with Gasteiger partial charge in [0.25, 0.3) is 7.82 Å². The summed E-state index contributed by atoms with van der Waals surface area (Å²) < 4.78 is 23.2. The molecule has 0 aliphatic rings. The van der Waals surface area contributed by atoms with E-state index < -0.39 is 26.6 Å². The number of aliphatic hydroxyl groups is 1. The molecule has 1 amide bonds. The molecular formula is C57H107N2O6P. The number of unbranched alkanes of at least 4 members (excludes halogenated alkanes) is 29. The second-order valence-electron chi connectivity index (χ2n) is 19.9. The van der Waals surface area contributed by atoms with E-state index in [4.69, 9.17) is 9.05 Å². The van der Waals surface area contributed by atoms with Gasteiger partial charge in [0, 0.05) is 6.42 Å². The fourth-order valence-corrected chi connectivity index (χ4v) is 8.53. The molecule has 8 nitrogen and oxygen atoms in total. The average molecular weight is 947 g/mol. The number of amides is 1. The van der Waals surface area contributed by atoms with Crippen molar-refractivity contribution in [2.75, 3.05) is 40.9 Å². The van der Waals surface area contributed by atoms with Crippen molar-refractivity contribution in [1.82, 2.24) is 5.32 Å². The van der Waals surface area contributed by atoms with Crippen molar-refractivity contribution >= 4 is 13.7 Å². The minimum Gasteiger partial charge on any atom is -0.756 e. The Labute approximate surface area is 409 Å². The first-order valence-electron chi connectivity index (χ1n) is 27.7. The second-order valence-corrected chi connectivity index (χ2v) is 21.3. The number of carbonyl (C=O) groups is 1. The lowest BCUT2D eigenvalue weighted by Gasteiger charge is -2.29. The molecule has 0 saturated heterocycles. The zero-order chi connectivity index (χ0) is 48.5. The zero-order valence-electron chi connectivity index (χ0n) is 43.9. The molecule has 0 radical (unpaired) electrons. The third kappa shape index (κ3) is 50.1. The van der Waals surface area contributed by atoms with Crippen LogP contribution >= 0.6 is 7.82 Å². The Morgan fingerprint density at radius 2 is 0.924 bits per heavy atom. The highest BCUT2D eigenvalue weighted by Gasteiger charge is 2.23. The predicted molar refractivity (Wildman–Crippen MR) is 284 cm³/mol. The molecular weight excluding hydrogens is 840 g/mol. The van der Waals surface area contributed by atoms with Crippen molar-refractivity contribution in [1.29, 1.82) is 0 Å². The van der Waals surface area contributed by atoms with Crippen LogP contribution in [0, 0.1) is 0 Å². The summed E-state index contributed by atoms with van der Waals surface area (Å²) in [6.45, 7) is 4.55. The first-order valence-corrected chi connectivity index (χ1v) is 29.1. The molecule has 3 atom stereocenters. The van der Waals surface area contributed by atoms with Crippen molar-refractivity contribution in [3.63, 3.8) is 0 Å². The standard InChI is InChI=1S/C57H107N2O6P/c1-6-8-10-12-14-16-18-20-21-22-23-24-25-26-27-28-29-30-31-32-33-34-35-36-37-39-40-42-44-46-48-50-56(60)55(54-65-66(62,63)64-53-52-59(3,4)5)58-57(61)51-49-47-45-43-41-38-19-17-15-13-11-9-7-2/h11,13,17,19,35-36,40,42,48,50,55-56,60H,6-10,12,14-16,18,20-34,37-39,41,43-47,49,51-54H2,1-5H3,(H-,58,61,62,63)/b13-11-,19-17-,36-35+,42-40+,50-48+. The van der Waals surface area contributed by atoms with Gasteiger partial charge in [0.05, 0.1) is 39.9 Å². The van der Waals surface area contributed by atoms with Gasteiger partial charge in [-0.3, -0.25) is 9.36 Å². The topological polar surface area (TPSA) is 108 Å². The van der Waals surface area contributed by atoms with E-state index in [0.29, 0.717) is 17.4 Å². The third-order valence-electron chi connectivity index (χ3n) is 12.2. The molecule has 66 heavy (non-hydrogen) atoms. The summed E-state index contributed by atoms with van der Waals surface area (Å²) in [4.78, 5) is 25.4. The van der Waals surface area contributed by atoms with Gasteiger partial charge in [-0.2, -0.15) is 0 Å². The number of nitrogens with one attached hydrogen (secondary N) is 1. The van der Waals surface area contributed by atoms with Gasteiger partial charge < -0.3 is 28.8 Å². The number of aliphatic hydroxyl groups excluding tert-OH is 1. The SMILES string of the molecule is CCC/C=C\C/C=C\CCCCCCCC(=O)NC(COP(=O)([O-])OCC[N+](C)(C)C)C(O)/C=C/CC/C=C/CC/C=C/CCCCCCCCCCCCCCCCCCCCCCC. The van der Waals surface area contributed by atoms with Crippen LogP contribution in [0.1, 0.15) is 245 Å². The maximum absolute atomic E-state index is 12.9. The Hall–Kier alpha value is -1.80. The summed E-state index contributed by atoms with van der Waals surface area (Å²) in [5, 5.41) is 13.8. The summed E-state index contributed by atoms with van der Waals surface area (Å²) in [6, 6.07) is -0.919. The number of carbonyl (C=O) groups excluding carboxylic acids is 1. The van der Waals surface area contributed by atoms with Crippen LogP contribution < -0.4 is 10.2 Å². The van der Waals surface area contributed by atoms with Gasteiger partial charge in [-0.25, -0.2) is 0 Å². The quantitative estimate of drug-likeness (QED) is 0.0272. The van der Waals surface area contributed by atoms with Crippen LogP contribution in [-0.2, 0) is 18.4 Å². The largest absolute Gasteiger partial charge is 0.756 e. The van der Waals surface area contributed by atoms with Crippen LogP contribution in [0.25, 0.3) is 0 Å². The van der Waals surface area contributed by atoms with Gasteiger partial charge in [0.15, 0.2) is 0 Å².